The second-order valence-corrected chi connectivity index (χ2v) is 7.30. The number of hydrogen-bond donors (Lipinski definition) is 1. The van der Waals surface area contributed by atoms with E-state index in [0.717, 1.165) is 50.6 Å². The number of aromatic nitrogens is 1. The van der Waals surface area contributed by atoms with Gasteiger partial charge < -0.3 is 10.2 Å². The maximum Gasteiger partial charge on any atom is 0.193 e. The fourth-order valence-electron chi connectivity index (χ4n) is 2.21. The minimum Gasteiger partial charge on any atom is -0.357 e. The average molecular weight is 478 g/mol. The van der Waals surface area contributed by atoms with Crippen molar-refractivity contribution in [3.8, 4) is 0 Å². The molecule has 0 bridgehead atoms. The predicted molar refractivity (Wildman–Crippen MR) is 117 cm³/mol. The highest BCUT2D eigenvalue weighted by molar-refractivity contribution is 14.0. The summed E-state index contributed by atoms with van der Waals surface area (Å²) in [5, 5.41) is 8.88. The Bertz CT molecular complexity index is 596. The van der Waals surface area contributed by atoms with Crippen LogP contribution in [-0.2, 0) is 19.3 Å². The number of nitrogens with one attached hydrogen (secondary N) is 1. The van der Waals surface area contributed by atoms with Gasteiger partial charge in [-0.2, -0.15) is 0 Å². The Kier molecular flexibility index (Phi) is 10.5. The van der Waals surface area contributed by atoms with Crippen LogP contribution in [0.25, 0.3) is 0 Å². The lowest BCUT2D eigenvalue weighted by Crippen LogP contribution is -2.40. The van der Waals surface area contributed by atoms with Gasteiger partial charge in [0.25, 0.3) is 0 Å². The first-order valence-electron chi connectivity index (χ1n) is 8.18. The molecule has 0 aliphatic rings. The lowest BCUT2D eigenvalue weighted by Gasteiger charge is -2.21. The van der Waals surface area contributed by atoms with E-state index in [1.54, 1.807) is 11.3 Å². The maximum absolute atomic E-state index is 4.74. The molecule has 1 N–H and O–H groups in total. The van der Waals surface area contributed by atoms with Gasteiger partial charge in [0.2, 0.25) is 0 Å². The smallest absolute Gasteiger partial charge is 0.193 e. The third-order valence-corrected chi connectivity index (χ3v) is 5.48. The SMILES string of the molecule is CCNC(=NCCc1csc(CC)n1)N(C)CCc1cccs1.I. The molecule has 2 aromatic rings. The molecule has 0 saturated heterocycles. The average Bonchev–Trinajstić information content (AvgIpc) is 3.23. The molecule has 0 atom stereocenters. The zero-order chi connectivity index (χ0) is 16.5. The molecule has 0 amide bonds. The van der Waals surface area contributed by atoms with Gasteiger partial charge >= 0.3 is 0 Å². The second-order valence-electron chi connectivity index (χ2n) is 5.32. The van der Waals surface area contributed by atoms with Crippen LogP contribution < -0.4 is 5.32 Å². The molecule has 0 unspecified atom stereocenters. The first-order chi connectivity index (χ1) is 11.2. The Labute approximate surface area is 170 Å². The summed E-state index contributed by atoms with van der Waals surface area (Å²) in [6.07, 6.45) is 2.98. The lowest BCUT2D eigenvalue weighted by molar-refractivity contribution is 0.487. The number of likely N-dealkylation sites (N-methyl/N-ethyl adjacent to an activating group) is 1. The first kappa shape index (κ1) is 21.4. The van der Waals surface area contributed by atoms with Crippen LogP contribution in [0.2, 0.25) is 0 Å². The minimum atomic E-state index is 0. The summed E-state index contributed by atoms with van der Waals surface area (Å²) in [5.74, 6) is 0.981. The van der Waals surface area contributed by atoms with Gasteiger partial charge in [0.15, 0.2) is 5.96 Å². The van der Waals surface area contributed by atoms with E-state index >= 15 is 0 Å². The molecule has 2 heterocycles. The van der Waals surface area contributed by atoms with Crippen LogP contribution in [0.4, 0.5) is 0 Å². The largest absolute Gasteiger partial charge is 0.357 e. The van der Waals surface area contributed by atoms with Gasteiger partial charge in [-0.1, -0.05) is 13.0 Å². The quantitative estimate of drug-likeness (QED) is 0.353. The minimum absolute atomic E-state index is 0. The molecule has 7 heteroatoms. The highest BCUT2D eigenvalue weighted by Gasteiger charge is 2.06. The summed E-state index contributed by atoms with van der Waals surface area (Å²) >= 11 is 3.56. The number of guanidine groups is 1. The Morgan fingerprint density at radius 1 is 1.29 bits per heavy atom. The summed E-state index contributed by atoms with van der Waals surface area (Å²) in [6, 6.07) is 4.30. The molecule has 0 aromatic carbocycles. The van der Waals surface area contributed by atoms with E-state index in [0.29, 0.717) is 0 Å². The van der Waals surface area contributed by atoms with E-state index in [9.17, 15) is 0 Å². The van der Waals surface area contributed by atoms with Gasteiger partial charge in [-0.25, -0.2) is 4.98 Å². The number of aliphatic imine (C=N–C) groups is 1. The van der Waals surface area contributed by atoms with E-state index in [-0.39, 0.29) is 24.0 Å². The van der Waals surface area contributed by atoms with Crippen molar-refractivity contribution in [2.24, 2.45) is 4.99 Å². The predicted octanol–water partition coefficient (Wildman–Crippen LogP) is 4.07. The Hall–Kier alpha value is -0.670. The molecule has 0 spiro atoms. The number of thiophene rings is 1. The monoisotopic (exact) mass is 478 g/mol. The van der Waals surface area contributed by atoms with E-state index in [2.05, 4.69) is 59.0 Å². The summed E-state index contributed by atoms with van der Waals surface area (Å²) < 4.78 is 0. The molecule has 0 radical (unpaired) electrons. The number of aryl methyl sites for hydroxylation is 1. The van der Waals surface area contributed by atoms with Crippen LogP contribution in [0.15, 0.2) is 27.9 Å². The van der Waals surface area contributed by atoms with Crippen LogP contribution in [0.1, 0.15) is 29.4 Å². The molecule has 4 nitrogen and oxygen atoms in total. The Morgan fingerprint density at radius 2 is 2.12 bits per heavy atom. The van der Waals surface area contributed by atoms with Crippen LogP contribution in [0.5, 0.6) is 0 Å². The van der Waals surface area contributed by atoms with Crippen molar-refractivity contribution < 1.29 is 0 Å². The summed E-state index contributed by atoms with van der Waals surface area (Å²) in [6.45, 7) is 6.89. The van der Waals surface area contributed by atoms with Crippen LogP contribution >= 0.6 is 46.7 Å². The van der Waals surface area contributed by atoms with Crippen LogP contribution in [0.3, 0.4) is 0 Å². The van der Waals surface area contributed by atoms with Gasteiger partial charge in [0.1, 0.15) is 0 Å². The van der Waals surface area contributed by atoms with Crippen molar-refractivity contribution in [1.82, 2.24) is 15.2 Å². The molecule has 0 saturated carbocycles. The van der Waals surface area contributed by atoms with E-state index in [4.69, 9.17) is 4.99 Å². The number of halogens is 1. The van der Waals surface area contributed by atoms with Crippen molar-refractivity contribution in [2.45, 2.75) is 33.1 Å². The number of nitrogens with zero attached hydrogens (tertiary/aromatic N) is 3. The molecule has 0 fully saturated rings. The lowest BCUT2D eigenvalue weighted by atomic mass is 10.3. The Balaban J connectivity index is 0.00000288. The fourth-order valence-corrected chi connectivity index (χ4v) is 3.69. The second kappa shape index (κ2) is 11.8. The van der Waals surface area contributed by atoms with Gasteiger partial charge in [-0.15, -0.1) is 46.7 Å². The van der Waals surface area contributed by atoms with Crippen molar-refractivity contribution in [1.29, 1.82) is 0 Å². The molecular formula is C17H27IN4S2. The van der Waals surface area contributed by atoms with Crippen LogP contribution in [-0.4, -0.2) is 42.5 Å². The summed E-state index contributed by atoms with van der Waals surface area (Å²) in [4.78, 5) is 13.0. The molecule has 2 rings (SSSR count). The number of hydrogen-bond acceptors (Lipinski definition) is 4. The number of rotatable bonds is 8. The van der Waals surface area contributed by atoms with Gasteiger partial charge in [-0.05, 0) is 31.2 Å². The molecule has 24 heavy (non-hydrogen) atoms. The molecular weight excluding hydrogens is 451 g/mol. The van der Waals surface area contributed by atoms with Crippen molar-refractivity contribution >= 4 is 52.6 Å². The molecule has 134 valence electrons. The zero-order valence-corrected chi connectivity index (χ0v) is 18.6. The Morgan fingerprint density at radius 3 is 2.75 bits per heavy atom. The van der Waals surface area contributed by atoms with Gasteiger partial charge in [0, 0.05) is 43.4 Å². The van der Waals surface area contributed by atoms with Crippen molar-refractivity contribution in [3.63, 3.8) is 0 Å². The topological polar surface area (TPSA) is 40.5 Å². The zero-order valence-electron chi connectivity index (χ0n) is 14.6. The van der Waals surface area contributed by atoms with E-state index in [1.807, 2.05) is 11.3 Å². The third kappa shape index (κ3) is 7.06. The standard InChI is InChI=1S/C17H26N4S2.HI/c1-4-16-20-14(13-23-16)8-10-19-17(18-5-2)21(3)11-9-15-7-6-12-22-15;/h6-7,12-13H,4-5,8-11H2,1-3H3,(H,18,19);1H. The van der Waals surface area contributed by atoms with E-state index in [1.165, 1.54) is 9.88 Å². The van der Waals surface area contributed by atoms with Gasteiger partial charge in [-0.3, -0.25) is 4.99 Å². The highest BCUT2D eigenvalue weighted by Crippen LogP contribution is 2.11. The van der Waals surface area contributed by atoms with Crippen molar-refractivity contribution in [2.75, 3.05) is 26.7 Å². The van der Waals surface area contributed by atoms with Gasteiger partial charge in [0.05, 0.1) is 10.7 Å². The molecule has 0 aliphatic heterocycles. The summed E-state index contributed by atoms with van der Waals surface area (Å²) in [7, 11) is 2.10. The van der Waals surface area contributed by atoms with Crippen molar-refractivity contribution in [3.05, 3.63) is 38.5 Å². The fraction of sp³-hybridized carbons (Fsp3) is 0.529. The summed E-state index contributed by atoms with van der Waals surface area (Å²) in [5.41, 5.74) is 1.16. The molecule has 0 aliphatic carbocycles. The maximum atomic E-state index is 4.74. The van der Waals surface area contributed by atoms with Crippen LogP contribution in [0, 0.1) is 0 Å². The third-order valence-electron chi connectivity index (χ3n) is 3.50. The molecule has 2 aromatic heterocycles. The first-order valence-corrected chi connectivity index (χ1v) is 9.94. The number of thiazole rings is 1. The van der Waals surface area contributed by atoms with E-state index < -0.39 is 0 Å². The highest BCUT2D eigenvalue weighted by atomic mass is 127. The normalized spacial score (nSPS) is 11.2.